The maximum Gasteiger partial charge on any atom is 0.0956 e. The Bertz CT molecular complexity index is 2440. The lowest BCUT2D eigenvalue weighted by Crippen LogP contribution is -1.98. The maximum absolute atomic E-state index is 4.65. The molecule has 9 rings (SSSR count). The molecule has 0 spiro atoms. The molecular formula is C36H24N4. The van der Waals surface area contributed by atoms with E-state index in [1.807, 2.05) is 6.33 Å². The second-order valence-electron chi connectivity index (χ2n) is 10.6. The van der Waals surface area contributed by atoms with E-state index in [1.165, 1.54) is 54.4 Å². The summed E-state index contributed by atoms with van der Waals surface area (Å²) in [6.07, 6.45) is 1.90. The minimum Gasteiger partial charge on any atom is -0.332 e. The highest BCUT2D eigenvalue weighted by molar-refractivity contribution is 6.27. The van der Waals surface area contributed by atoms with Crippen LogP contribution in [0.4, 0.5) is 0 Å². The van der Waals surface area contributed by atoms with Crippen molar-refractivity contribution in [2.45, 2.75) is 0 Å². The fourth-order valence-electron chi connectivity index (χ4n) is 6.72. The molecule has 0 aliphatic carbocycles. The lowest BCUT2D eigenvalue weighted by atomic mass is 10.0. The molecule has 4 nitrogen and oxygen atoms in total. The van der Waals surface area contributed by atoms with Crippen LogP contribution in [-0.2, 0) is 7.05 Å². The monoisotopic (exact) mass is 512 g/mol. The van der Waals surface area contributed by atoms with Crippen molar-refractivity contribution >= 4 is 65.4 Å². The van der Waals surface area contributed by atoms with Crippen LogP contribution in [0.1, 0.15) is 0 Å². The summed E-state index contributed by atoms with van der Waals surface area (Å²) in [5.74, 6) is 0. The molecule has 40 heavy (non-hydrogen) atoms. The van der Waals surface area contributed by atoms with Crippen LogP contribution in [-0.4, -0.2) is 18.7 Å². The maximum atomic E-state index is 4.65. The van der Waals surface area contributed by atoms with Crippen molar-refractivity contribution < 1.29 is 0 Å². The number of aromatic nitrogens is 4. The van der Waals surface area contributed by atoms with E-state index in [4.69, 9.17) is 0 Å². The zero-order valence-corrected chi connectivity index (χ0v) is 21.9. The Morgan fingerprint density at radius 3 is 2.17 bits per heavy atom. The zero-order chi connectivity index (χ0) is 26.4. The molecular weight excluding hydrogens is 488 g/mol. The van der Waals surface area contributed by atoms with Gasteiger partial charge in [-0.25, -0.2) is 4.98 Å². The average Bonchev–Trinajstić information content (AvgIpc) is 3.65. The second kappa shape index (κ2) is 7.84. The van der Waals surface area contributed by atoms with Crippen LogP contribution in [0.15, 0.2) is 128 Å². The van der Waals surface area contributed by atoms with Crippen molar-refractivity contribution in [1.29, 1.82) is 0 Å². The van der Waals surface area contributed by atoms with Gasteiger partial charge in [-0.1, -0.05) is 72.8 Å². The summed E-state index contributed by atoms with van der Waals surface area (Å²) >= 11 is 0. The summed E-state index contributed by atoms with van der Waals surface area (Å²) in [7, 11) is 2.07. The lowest BCUT2D eigenvalue weighted by Gasteiger charge is -2.11. The van der Waals surface area contributed by atoms with Crippen molar-refractivity contribution in [3.63, 3.8) is 0 Å². The van der Waals surface area contributed by atoms with Gasteiger partial charge in [-0.2, -0.15) is 0 Å². The van der Waals surface area contributed by atoms with Gasteiger partial charge in [0.25, 0.3) is 0 Å². The van der Waals surface area contributed by atoms with E-state index >= 15 is 0 Å². The largest absolute Gasteiger partial charge is 0.332 e. The first-order chi connectivity index (χ1) is 19.8. The Labute approximate surface area is 229 Å². The third kappa shape index (κ3) is 2.77. The average molecular weight is 513 g/mol. The van der Waals surface area contributed by atoms with E-state index in [2.05, 4.69) is 147 Å². The minimum absolute atomic E-state index is 0.997. The SMILES string of the molecule is Cn1cnc2cccc(-n3c4ccccc4c4c3ccc3c5cc6ccccc6cc5n(-c5ccccc5)c34)c21. The quantitative estimate of drug-likeness (QED) is 0.227. The van der Waals surface area contributed by atoms with Gasteiger partial charge in [0.1, 0.15) is 0 Å². The molecule has 0 atom stereocenters. The van der Waals surface area contributed by atoms with Crippen LogP contribution in [0.5, 0.6) is 0 Å². The highest BCUT2D eigenvalue weighted by Crippen LogP contribution is 2.43. The highest BCUT2D eigenvalue weighted by Gasteiger charge is 2.22. The molecule has 0 aliphatic heterocycles. The van der Waals surface area contributed by atoms with E-state index in [0.29, 0.717) is 0 Å². The van der Waals surface area contributed by atoms with Crippen molar-refractivity contribution in [2.24, 2.45) is 7.05 Å². The fourth-order valence-corrected chi connectivity index (χ4v) is 6.72. The van der Waals surface area contributed by atoms with E-state index < -0.39 is 0 Å². The molecule has 6 aromatic carbocycles. The first-order valence-corrected chi connectivity index (χ1v) is 13.6. The number of para-hydroxylation sites is 3. The van der Waals surface area contributed by atoms with Crippen molar-refractivity contribution in [3.05, 3.63) is 128 Å². The second-order valence-corrected chi connectivity index (χ2v) is 10.6. The van der Waals surface area contributed by atoms with Gasteiger partial charge in [-0.05, 0) is 59.3 Å². The van der Waals surface area contributed by atoms with Gasteiger partial charge in [0, 0.05) is 34.3 Å². The molecule has 3 heterocycles. The summed E-state index contributed by atoms with van der Waals surface area (Å²) in [5.41, 5.74) is 9.25. The van der Waals surface area contributed by atoms with Crippen LogP contribution in [0.25, 0.3) is 76.8 Å². The number of hydrogen-bond acceptors (Lipinski definition) is 1. The van der Waals surface area contributed by atoms with Gasteiger partial charge in [-0.15, -0.1) is 0 Å². The molecule has 0 N–H and O–H groups in total. The Kier molecular flexibility index (Phi) is 4.23. The van der Waals surface area contributed by atoms with Crippen molar-refractivity contribution in [3.8, 4) is 11.4 Å². The number of rotatable bonds is 2. The molecule has 9 aromatic rings. The molecule has 0 saturated heterocycles. The molecule has 0 aliphatic rings. The van der Waals surface area contributed by atoms with Crippen LogP contribution in [0, 0.1) is 0 Å². The van der Waals surface area contributed by atoms with Crippen LogP contribution in [0.3, 0.4) is 0 Å². The van der Waals surface area contributed by atoms with Crippen LogP contribution in [0.2, 0.25) is 0 Å². The van der Waals surface area contributed by atoms with E-state index in [9.17, 15) is 0 Å². The Balaban J connectivity index is 1.55. The predicted octanol–water partition coefficient (Wildman–Crippen LogP) is 8.92. The smallest absolute Gasteiger partial charge is 0.0956 e. The van der Waals surface area contributed by atoms with Gasteiger partial charge < -0.3 is 13.7 Å². The summed E-state index contributed by atoms with van der Waals surface area (Å²) < 4.78 is 6.99. The van der Waals surface area contributed by atoms with E-state index in [-0.39, 0.29) is 0 Å². The molecule has 0 saturated carbocycles. The predicted molar refractivity (Wildman–Crippen MR) is 167 cm³/mol. The number of benzene rings is 6. The number of hydrogen-bond donors (Lipinski definition) is 0. The lowest BCUT2D eigenvalue weighted by molar-refractivity contribution is 0.941. The number of aryl methyl sites for hydroxylation is 1. The van der Waals surface area contributed by atoms with E-state index in [0.717, 1.165) is 22.4 Å². The Morgan fingerprint density at radius 1 is 0.525 bits per heavy atom. The molecule has 188 valence electrons. The number of fused-ring (bicyclic) bond motifs is 9. The topological polar surface area (TPSA) is 27.7 Å². The van der Waals surface area contributed by atoms with E-state index in [1.54, 1.807) is 0 Å². The standard InChI is InChI=1S/C36H24N4/c1-38-22-37-29-15-9-17-32(36(29)38)40-30-16-8-7-14-27(30)34-31(40)19-18-26-28-20-23-10-5-6-11-24(23)21-33(28)39(35(26)34)25-12-3-2-4-13-25/h2-22H,1H3. The van der Waals surface area contributed by atoms with Crippen LogP contribution >= 0.6 is 0 Å². The number of nitrogens with zero attached hydrogens (tertiary/aromatic N) is 4. The zero-order valence-electron chi connectivity index (χ0n) is 21.9. The summed E-state index contributed by atoms with van der Waals surface area (Å²) in [5, 5.41) is 7.54. The normalized spacial score (nSPS) is 12.1. The van der Waals surface area contributed by atoms with Gasteiger partial charge in [0.05, 0.1) is 45.1 Å². The highest BCUT2D eigenvalue weighted by atomic mass is 15.1. The molecule has 0 fully saturated rings. The first kappa shape index (κ1) is 21.6. The Hall–Kier alpha value is -5.35. The van der Waals surface area contributed by atoms with Crippen LogP contribution < -0.4 is 0 Å². The minimum atomic E-state index is 0.997. The molecule has 0 unspecified atom stereocenters. The van der Waals surface area contributed by atoms with Crippen molar-refractivity contribution in [1.82, 2.24) is 18.7 Å². The Morgan fingerprint density at radius 2 is 1.30 bits per heavy atom. The molecule has 4 heteroatoms. The molecule has 3 aromatic heterocycles. The summed E-state index contributed by atoms with van der Waals surface area (Å²) in [4.78, 5) is 4.65. The fraction of sp³-hybridized carbons (Fsp3) is 0.0278. The third-order valence-corrected chi connectivity index (χ3v) is 8.40. The number of imidazole rings is 1. The molecule has 0 bridgehead atoms. The molecule has 0 amide bonds. The first-order valence-electron chi connectivity index (χ1n) is 13.6. The van der Waals surface area contributed by atoms with Gasteiger partial charge >= 0.3 is 0 Å². The van der Waals surface area contributed by atoms with Gasteiger partial charge in [0.2, 0.25) is 0 Å². The third-order valence-electron chi connectivity index (χ3n) is 8.40. The van der Waals surface area contributed by atoms with Gasteiger partial charge in [-0.3, -0.25) is 0 Å². The van der Waals surface area contributed by atoms with Gasteiger partial charge in [0.15, 0.2) is 0 Å². The summed E-state index contributed by atoms with van der Waals surface area (Å²) in [6.45, 7) is 0. The van der Waals surface area contributed by atoms with Crippen molar-refractivity contribution in [2.75, 3.05) is 0 Å². The molecule has 0 radical (unpaired) electrons. The summed E-state index contributed by atoms with van der Waals surface area (Å²) in [6, 6.07) is 43.9.